The molecule has 0 atom stereocenters. The molecule has 2 radical (unpaired) electrons. The molecule has 0 aromatic carbocycles. The Morgan fingerprint density at radius 1 is 1.22 bits per heavy atom. The Labute approximate surface area is 58.8 Å². The zero-order valence-electron chi connectivity index (χ0n) is 6.34. The van der Waals surface area contributed by atoms with E-state index >= 15 is 0 Å². The molecule has 3 nitrogen and oxygen atoms in total. The lowest BCUT2D eigenvalue weighted by molar-refractivity contribution is -0.0473. The van der Waals surface area contributed by atoms with E-state index in [1.54, 1.807) is 14.2 Å². The summed E-state index contributed by atoms with van der Waals surface area (Å²) in [5.74, 6) is -0.0694. The lowest BCUT2D eigenvalue weighted by Gasteiger charge is -2.15. The molecule has 0 heterocycles. The van der Waals surface area contributed by atoms with E-state index in [4.69, 9.17) is 9.47 Å². The van der Waals surface area contributed by atoms with Crippen LogP contribution in [-0.2, 0) is 9.47 Å². The average Bonchev–Trinajstić information content (AvgIpc) is 1.82. The van der Waals surface area contributed by atoms with Crippen molar-refractivity contribution in [3.63, 3.8) is 0 Å². The minimum absolute atomic E-state index is 0.0694. The number of ether oxygens (including phenoxy) is 2. The van der Waals surface area contributed by atoms with E-state index in [1.165, 1.54) is 0 Å². The number of methoxy groups -OCH3 is 2. The van der Waals surface area contributed by atoms with Crippen LogP contribution in [0.15, 0.2) is 0 Å². The van der Waals surface area contributed by atoms with Crippen LogP contribution < -0.4 is 0 Å². The molecule has 9 heavy (non-hydrogen) atoms. The van der Waals surface area contributed by atoms with Gasteiger partial charge in [0.15, 0.2) is 5.91 Å². The van der Waals surface area contributed by atoms with Crippen LogP contribution in [0.1, 0.15) is 0 Å². The molecule has 4 heteroatoms. The van der Waals surface area contributed by atoms with Gasteiger partial charge in [-0.2, -0.15) is 0 Å². The maximum atomic E-state index is 4.96. The van der Waals surface area contributed by atoms with Gasteiger partial charge < -0.3 is 14.0 Å². The SMILES string of the molecule is COC(OC)[Si]N(C)C. The largest absolute Gasteiger partial charge is 0.358 e. The first-order valence-electron chi connectivity index (χ1n) is 2.69. The van der Waals surface area contributed by atoms with Crippen LogP contribution in [0, 0.1) is 0 Å². The summed E-state index contributed by atoms with van der Waals surface area (Å²) in [5, 5.41) is 0. The second kappa shape index (κ2) is 4.93. The second-order valence-corrected chi connectivity index (χ2v) is 3.45. The second-order valence-electron chi connectivity index (χ2n) is 1.83. The van der Waals surface area contributed by atoms with Gasteiger partial charge in [-0.05, 0) is 14.1 Å². The van der Waals surface area contributed by atoms with Crippen molar-refractivity contribution in [1.82, 2.24) is 4.57 Å². The zero-order chi connectivity index (χ0) is 7.28. The van der Waals surface area contributed by atoms with Gasteiger partial charge in [0.05, 0.1) is 0 Å². The predicted molar refractivity (Wildman–Crippen MR) is 37.2 cm³/mol. The molecule has 0 aliphatic carbocycles. The summed E-state index contributed by atoms with van der Waals surface area (Å²) in [6, 6.07) is 0. The number of rotatable bonds is 4. The van der Waals surface area contributed by atoms with Crippen molar-refractivity contribution < 1.29 is 9.47 Å². The van der Waals surface area contributed by atoms with Crippen molar-refractivity contribution in [2.24, 2.45) is 0 Å². The van der Waals surface area contributed by atoms with Gasteiger partial charge in [-0.15, -0.1) is 0 Å². The lowest BCUT2D eigenvalue weighted by atomic mass is 11.3. The van der Waals surface area contributed by atoms with Gasteiger partial charge in [0, 0.05) is 14.2 Å². The Hall–Kier alpha value is 0.0969. The van der Waals surface area contributed by atoms with E-state index in [1.807, 2.05) is 18.7 Å². The Balaban J connectivity index is 3.31. The summed E-state index contributed by atoms with van der Waals surface area (Å²) >= 11 is 0. The quantitative estimate of drug-likeness (QED) is 0.404. The Morgan fingerprint density at radius 3 is 1.78 bits per heavy atom. The molecule has 0 aromatic heterocycles. The molecule has 0 saturated carbocycles. The fourth-order valence-corrected chi connectivity index (χ4v) is 1.04. The van der Waals surface area contributed by atoms with Crippen LogP contribution in [0.2, 0.25) is 0 Å². The fraction of sp³-hybridized carbons (Fsp3) is 1.00. The first-order valence-corrected chi connectivity index (χ1v) is 3.72. The van der Waals surface area contributed by atoms with Gasteiger partial charge >= 0.3 is 0 Å². The number of hydrogen-bond acceptors (Lipinski definition) is 3. The first kappa shape index (κ1) is 9.10. The summed E-state index contributed by atoms with van der Waals surface area (Å²) in [7, 11) is 7.83. The zero-order valence-corrected chi connectivity index (χ0v) is 7.34. The highest BCUT2D eigenvalue weighted by molar-refractivity contribution is 6.32. The van der Waals surface area contributed by atoms with Crippen LogP contribution in [0.25, 0.3) is 0 Å². The third-order valence-electron chi connectivity index (χ3n) is 0.792. The molecule has 0 spiro atoms. The Morgan fingerprint density at radius 2 is 1.67 bits per heavy atom. The van der Waals surface area contributed by atoms with Crippen molar-refractivity contribution in [1.29, 1.82) is 0 Å². The molecule has 0 unspecified atom stereocenters. The summed E-state index contributed by atoms with van der Waals surface area (Å²) in [6.45, 7) is 0. The normalized spacial score (nSPS) is 11.3. The maximum absolute atomic E-state index is 4.96. The molecular formula is C5H13NO2Si. The fourth-order valence-electron chi connectivity index (χ4n) is 0.412. The minimum Gasteiger partial charge on any atom is -0.358 e. The third kappa shape index (κ3) is 4.59. The molecule has 54 valence electrons. The molecule has 0 aliphatic heterocycles. The number of nitrogens with zero attached hydrogens (tertiary/aromatic N) is 1. The minimum atomic E-state index is -0.0694. The highest BCUT2D eigenvalue weighted by Crippen LogP contribution is 1.87. The number of hydrogen-bond donors (Lipinski definition) is 0. The molecule has 0 N–H and O–H groups in total. The van der Waals surface area contributed by atoms with Crippen LogP contribution >= 0.6 is 0 Å². The van der Waals surface area contributed by atoms with Gasteiger partial charge in [-0.3, -0.25) is 0 Å². The van der Waals surface area contributed by atoms with Gasteiger partial charge in [-0.1, -0.05) is 0 Å². The van der Waals surface area contributed by atoms with Crippen molar-refractivity contribution in [2.45, 2.75) is 5.91 Å². The topological polar surface area (TPSA) is 21.7 Å². The van der Waals surface area contributed by atoms with E-state index in [9.17, 15) is 0 Å². The average molecular weight is 147 g/mol. The molecular weight excluding hydrogens is 134 g/mol. The highest BCUT2D eigenvalue weighted by atomic mass is 28.2. The Kier molecular flexibility index (Phi) is 4.98. The summed E-state index contributed by atoms with van der Waals surface area (Å²) in [6.07, 6.45) is 0. The van der Waals surface area contributed by atoms with Crippen molar-refractivity contribution in [3.8, 4) is 0 Å². The maximum Gasteiger partial charge on any atom is 0.216 e. The molecule has 0 fully saturated rings. The van der Waals surface area contributed by atoms with Gasteiger partial charge in [0.25, 0.3) is 0 Å². The summed E-state index contributed by atoms with van der Waals surface area (Å²) < 4.78 is 12.0. The van der Waals surface area contributed by atoms with E-state index in [2.05, 4.69) is 0 Å². The van der Waals surface area contributed by atoms with Gasteiger partial charge in [0.2, 0.25) is 9.68 Å². The van der Waals surface area contributed by atoms with E-state index in [0.717, 1.165) is 0 Å². The summed E-state index contributed by atoms with van der Waals surface area (Å²) in [5.41, 5.74) is 0. The van der Waals surface area contributed by atoms with Crippen LogP contribution in [0.3, 0.4) is 0 Å². The Bertz CT molecular complexity index is 66.0. The first-order chi connectivity index (χ1) is 4.20. The van der Waals surface area contributed by atoms with Crippen molar-refractivity contribution >= 4 is 9.68 Å². The standard InChI is InChI=1S/C5H13NO2Si/c1-6(2)9-5(7-3)8-4/h5H,1-4H3. The predicted octanol–water partition coefficient (Wildman–Crippen LogP) is -0.256. The van der Waals surface area contributed by atoms with E-state index in [0.29, 0.717) is 9.68 Å². The molecule has 0 bridgehead atoms. The third-order valence-corrected chi connectivity index (χ3v) is 1.99. The van der Waals surface area contributed by atoms with Crippen molar-refractivity contribution in [3.05, 3.63) is 0 Å². The highest BCUT2D eigenvalue weighted by Gasteiger charge is 2.07. The molecule has 0 rings (SSSR count). The lowest BCUT2D eigenvalue weighted by Crippen LogP contribution is -2.32. The molecule has 0 saturated heterocycles. The van der Waals surface area contributed by atoms with Gasteiger partial charge in [-0.25, -0.2) is 0 Å². The van der Waals surface area contributed by atoms with E-state index < -0.39 is 0 Å². The molecule has 0 aromatic rings. The van der Waals surface area contributed by atoms with Gasteiger partial charge in [0.1, 0.15) is 0 Å². The van der Waals surface area contributed by atoms with E-state index in [-0.39, 0.29) is 5.91 Å². The van der Waals surface area contributed by atoms with Crippen LogP contribution in [0.4, 0.5) is 0 Å². The smallest absolute Gasteiger partial charge is 0.216 e. The molecule has 0 aliphatic rings. The van der Waals surface area contributed by atoms with Crippen LogP contribution in [-0.4, -0.2) is 48.5 Å². The van der Waals surface area contributed by atoms with Crippen molar-refractivity contribution in [2.75, 3.05) is 28.3 Å². The monoisotopic (exact) mass is 147 g/mol. The van der Waals surface area contributed by atoms with Crippen LogP contribution in [0.5, 0.6) is 0 Å². The molecule has 0 amide bonds. The summed E-state index contributed by atoms with van der Waals surface area (Å²) in [4.78, 5) is 0.